The van der Waals surface area contributed by atoms with Crippen molar-refractivity contribution in [1.29, 1.82) is 0 Å². The van der Waals surface area contributed by atoms with Gasteiger partial charge in [-0.15, -0.1) is 0 Å². The van der Waals surface area contributed by atoms with Gasteiger partial charge in [0.15, 0.2) is 5.78 Å². The van der Waals surface area contributed by atoms with Crippen molar-refractivity contribution in [3.8, 4) is 0 Å². The lowest BCUT2D eigenvalue weighted by molar-refractivity contribution is -0.384. The minimum absolute atomic E-state index is 0.0439. The first-order valence-corrected chi connectivity index (χ1v) is 8.05. The van der Waals surface area contributed by atoms with E-state index in [0.29, 0.717) is 18.5 Å². The predicted molar refractivity (Wildman–Crippen MR) is 94.6 cm³/mol. The number of amides is 1. The molecule has 0 aromatic heterocycles. The Balaban J connectivity index is 1.70. The maximum absolute atomic E-state index is 12.0. The van der Waals surface area contributed by atoms with E-state index in [1.54, 1.807) is 24.3 Å². The number of nitro groups is 1. The quantitative estimate of drug-likeness (QED) is 0.454. The molecule has 6 heteroatoms. The van der Waals surface area contributed by atoms with Crippen LogP contribution >= 0.6 is 0 Å². The highest BCUT2D eigenvalue weighted by molar-refractivity contribution is 5.97. The largest absolute Gasteiger partial charge is 0.356 e. The first-order chi connectivity index (χ1) is 12.0. The van der Waals surface area contributed by atoms with E-state index >= 15 is 0 Å². The van der Waals surface area contributed by atoms with Crippen LogP contribution in [0.2, 0.25) is 0 Å². The molecule has 0 heterocycles. The first-order valence-electron chi connectivity index (χ1n) is 8.05. The van der Waals surface area contributed by atoms with Crippen molar-refractivity contribution >= 4 is 17.4 Å². The second-order valence-electron chi connectivity index (χ2n) is 5.81. The van der Waals surface area contributed by atoms with Gasteiger partial charge in [0, 0.05) is 37.1 Å². The minimum atomic E-state index is -0.448. The molecule has 0 saturated heterocycles. The number of carbonyl (C=O) groups is 2. The summed E-state index contributed by atoms with van der Waals surface area (Å²) in [6, 6.07) is 13.5. The number of aryl methyl sites for hydroxylation is 1. The number of rotatable bonds is 8. The molecule has 0 saturated carbocycles. The SMILES string of the molecule is Cc1ccc(C(=O)CCC(=O)NCCc2ccc([N+](=O)[O-])cc2)cc1. The molecule has 0 aliphatic rings. The Hall–Kier alpha value is -3.02. The summed E-state index contributed by atoms with van der Waals surface area (Å²) in [5.41, 5.74) is 2.65. The van der Waals surface area contributed by atoms with Crippen LogP contribution in [0.15, 0.2) is 48.5 Å². The van der Waals surface area contributed by atoms with Crippen LogP contribution in [0.3, 0.4) is 0 Å². The lowest BCUT2D eigenvalue weighted by Gasteiger charge is -2.05. The highest BCUT2D eigenvalue weighted by Gasteiger charge is 2.09. The number of carbonyl (C=O) groups excluding carboxylic acids is 2. The Kier molecular flexibility index (Phi) is 6.39. The van der Waals surface area contributed by atoms with Gasteiger partial charge in [0.2, 0.25) is 5.91 Å². The number of non-ortho nitro benzene ring substituents is 1. The van der Waals surface area contributed by atoms with Crippen molar-refractivity contribution in [3.05, 3.63) is 75.3 Å². The fourth-order valence-corrected chi connectivity index (χ4v) is 2.33. The molecule has 0 spiro atoms. The Labute approximate surface area is 146 Å². The van der Waals surface area contributed by atoms with Crippen LogP contribution in [0.1, 0.15) is 34.3 Å². The third-order valence-corrected chi connectivity index (χ3v) is 3.84. The Bertz CT molecular complexity index is 752. The molecule has 1 N–H and O–H groups in total. The summed E-state index contributed by atoms with van der Waals surface area (Å²) in [7, 11) is 0. The molecule has 0 unspecified atom stereocenters. The van der Waals surface area contributed by atoms with Gasteiger partial charge in [0.1, 0.15) is 0 Å². The van der Waals surface area contributed by atoms with Crippen LogP contribution in [-0.4, -0.2) is 23.2 Å². The molecule has 0 fully saturated rings. The van der Waals surface area contributed by atoms with Gasteiger partial charge < -0.3 is 5.32 Å². The van der Waals surface area contributed by atoms with Crippen molar-refractivity contribution in [2.45, 2.75) is 26.2 Å². The predicted octanol–water partition coefficient (Wildman–Crippen LogP) is 3.23. The molecule has 1 amide bonds. The molecule has 2 aromatic carbocycles. The third kappa shape index (κ3) is 5.84. The van der Waals surface area contributed by atoms with Gasteiger partial charge in [0.25, 0.3) is 5.69 Å². The molecule has 0 bridgehead atoms. The maximum Gasteiger partial charge on any atom is 0.269 e. The molecule has 0 atom stereocenters. The fourth-order valence-electron chi connectivity index (χ4n) is 2.33. The zero-order chi connectivity index (χ0) is 18.2. The van der Waals surface area contributed by atoms with Gasteiger partial charge in [-0.1, -0.05) is 42.0 Å². The van der Waals surface area contributed by atoms with Gasteiger partial charge in [-0.3, -0.25) is 19.7 Å². The van der Waals surface area contributed by atoms with Gasteiger partial charge in [-0.2, -0.15) is 0 Å². The fraction of sp³-hybridized carbons (Fsp3) is 0.263. The van der Waals surface area contributed by atoms with E-state index in [1.807, 2.05) is 19.1 Å². The summed E-state index contributed by atoms with van der Waals surface area (Å²) in [6.45, 7) is 2.38. The number of nitrogens with zero attached hydrogens (tertiary/aromatic N) is 1. The van der Waals surface area contributed by atoms with Crippen molar-refractivity contribution < 1.29 is 14.5 Å². The first kappa shape index (κ1) is 18.3. The highest BCUT2D eigenvalue weighted by atomic mass is 16.6. The molecule has 0 aliphatic heterocycles. The van der Waals surface area contributed by atoms with Crippen molar-refractivity contribution in [3.63, 3.8) is 0 Å². The second kappa shape index (κ2) is 8.73. The van der Waals surface area contributed by atoms with Crippen LogP contribution in [0.4, 0.5) is 5.69 Å². The Morgan fingerprint density at radius 3 is 2.24 bits per heavy atom. The summed E-state index contributed by atoms with van der Waals surface area (Å²) in [6.07, 6.45) is 0.898. The minimum Gasteiger partial charge on any atom is -0.356 e. The Morgan fingerprint density at radius 1 is 1.00 bits per heavy atom. The number of ketones is 1. The van der Waals surface area contributed by atoms with Crippen LogP contribution in [0, 0.1) is 17.0 Å². The molecular formula is C19H20N2O4. The van der Waals surface area contributed by atoms with E-state index < -0.39 is 4.92 Å². The number of nitrogens with one attached hydrogen (secondary N) is 1. The molecule has 0 aliphatic carbocycles. The molecular weight excluding hydrogens is 320 g/mol. The van der Waals surface area contributed by atoms with Crippen molar-refractivity contribution in [1.82, 2.24) is 5.32 Å². The number of Topliss-reactive ketones (excluding diaryl/α,β-unsaturated/α-hetero) is 1. The number of nitro benzene ring substituents is 1. The van der Waals surface area contributed by atoms with Gasteiger partial charge in [-0.25, -0.2) is 0 Å². The zero-order valence-electron chi connectivity index (χ0n) is 14.0. The average molecular weight is 340 g/mol. The van der Waals surface area contributed by atoms with E-state index in [-0.39, 0.29) is 30.2 Å². The van der Waals surface area contributed by atoms with Crippen molar-refractivity contribution in [2.75, 3.05) is 6.54 Å². The smallest absolute Gasteiger partial charge is 0.269 e. The van der Waals surface area contributed by atoms with Crippen LogP contribution in [0.25, 0.3) is 0 Å². The van der Waals surface area contributed by atoms with E-state index in [1.165, 1.54) is 12.1 Å². The highest BCUT2D eigenvalue weighted by Crippen LogP contribution is 2.12. The standard InChI is InChI=1S/C19H20N2O4/c1-14-2-6-16(7-3-14)18(22)10-11-19(23)20-13-12-15-4-8-17(9-5-15)21(24)25/h2-9H,10-13H2,1H3,(H,20,23). The van der Waals surface area contributed by atoms with E-state index in [0.717, 1.165) is 11.1 Å². The molecule has 0 radical (unpaired) electrons. The average Bonchev–Trinajstić information content (AvgIpc) is 2.60. The monoisotopic (exact) mass is 340 g/mol. The van der Waals surface area contributed by atoms with Crippen LogP contribution in [-0.2, 0) is 11.2 Å². The van der Waals surface area contributed by atoms with E-state index in [9.17, 15) is 19.7 Å². The van der Waals surface area contributed by atoms with Crippen molar-refractivity contribution in [2.24, 2.45) is 0 Å². The summed E-state index contributed by atoms with van der Waals surface area (Å²) in [5.74, 6) is -0.229. The molecule has 130 valence electrons. The van der Waals surface area contributed by atoms with Gasteiger partial charge in [0.05, 0.1) is 4.92 Å². The maximum atomic E-state index is 12.0. The topological polar surface area (TPSA) is 89.3 Å². The van der Waals surface area contributed by atoms with Crippen LogP contribution < -0.4 is 5.32 Å². The summed E-state index contributed by atoms with van der Waals surface area (Å²) < 4.78 is 0. The summed E-state index contributed by atoms with van der Waals surface area (Å²) in [5, 5.41) is 13.3. The van der Waals surface area contributed by atoms with Gasteiger partial charge in [-0.05, 0) is 18.9 Å². The molecule has 2 aromatic rings. The second-order valence-corrected chi connectivity index (χ2v) is 5.81. The number of benzene rings is 2. The summed E-state index contributed by atoms with van der Waals surface area (Å²) in [4.78, 5) is 34.0. The lowest BCUT2D eigenvalue weighted by Crippen LogP contribution is -2.26. The number of hydrogen-bond donors (Lipinski definition) is 1. The number of hydrogen-bond acceptors (Lipinski definition) is 4. The zero-order valence-corrected chi connectivity index (χ0v) is 14.0. The van der Waals surface area contributed by atoms with Gasteiger partial charge >= 0.3 is 0 Å². The van der Waals surface area contributed by atoms with E-state index in [2.05, 4.69) is 5.32 Å². The third-order valence-electron chi connectivity index (χ3n) is 3.84. The summed E-state index contributed by atoms with van der Waals surface area (Å²) >= 11 is 0. The van der Waals surface area contributed by atoms with Crippen LogP contribution in [0.5, 0.6) is 0 Å². The lowest BCUT2D eigenvalue weighted by atomic mass is 10.0. The normalized spacial score (nSPS) is 10.3. The molecule has 2 rings (SSSR count). The molecule has 6 nitrogen and oxygen atoms in total. The molecule has 25 heavy (non-hydrogen) atoms. The Morgan fingerprint density at radius 2 is 1.64 bits per heavy atom. The van der Waals surface area contributed by atoms with E-state index in [4.69, 9.17) is 0 Å².